The summed E-state index contributed by atoms with van der Waals surface area (Å²) in [5, 5.41) is 6.97. The van der Waals surface area contributed by atoms with Crippen LogP contribution in [-0.2, 0) is 4.74 Å². The van der Waals surface area contributed by atoms with Crippen LogP contribution in [0.15, 0.2) is 28.7 Å². The van der Waals surface area contributed by atoms with Crippen LogP contribution in [0.25, 0.3) is 10.9 Å². The van der Waals surface area contributed by atoms with Gasteiger partial charge in [0.15, 0.2) is 0 Å². The third-order valence-corrected chi connectivity index (χ3v) is 3.71. The second-order valence-corrected chi connectivity index (χ2v) is 5.89. The monoisotopic (exact) mass is 437 g/mol. The molecule has 24 heavy (non-hydrogen) atoms. The molecule has 1 aromatic heterocycles. The second-order valence-electron chi connectivity index (χ2n) is 4.97. The van der Waals surface area contributed by atoms with E-state index in [2.05, 4.69) is 31.5 Å². The lowest BCUT2D eigenvalue weighted by atomic mass is 10.1. The Labute approximate surface area is 162 Å². The topological polar surface area (TPSA) is 63.2 Å². The van der Waals surface area contributed by atoms with Gasteiger partial charge >= 0.3 is 0 Å². The Balaban J connectivity index is 0.00000264. The number of carbonyl (C=O) groups is 1. The fourth-order valence-electron chi connectivity index (χ4n) is 2.18. The first kappa shape index (κ1) is 23.1. The number of methoxy groups -OCH3 is 1. The van der Waals surface area contributed by atoms with Crippen LogP contribution in [0.5, 0.6) is 0 Å². The van der Waals surface area contributed by atoms with Crippen molar-refractivity contribution in [3.63, 3.8) is 0 Å². The molecule has 0 saturated heterocycles. The van der Waals surface area contributed by atoms with Crippen LogP contribution in [-0.4, -0.2) is 44.2 Å². The van der Waals surface area contributed by atoms with E-state index in [0.29, 0.717) is 25.3 Å². The Kier molecular flexibility index (Phi) is 11.2. The minimum Gasteiger partial charge on any atom is -0.383 e. The molecular weight excluding hydrogens is 417 g/mol. The third-order valence-electron chi connectivity index (χ3n) is 3.21. The Morgan fingerprint density at radius 2 is 1.96 bits per heavy atom. The highest BCUT2D eigenvalue weighted by Crippen LogP contribution is 2.22. The van der Waals surface area contributed by atoms with Gasteiger partial charge in [0.05, 0.1) is 17.7 Å². The SMILES string of the molecule is COCCNCCNC(=O)c1cc(C)nc2ccc(Br)cc12.Cl.Cl. The molecule has 2 aromatic rings. The summed E-state index contributed by atoms with van der Waals surface area (Å²) in [6, 6.07) is 7.58. The summed E-state index contributed by atoms with van der Waals surface area (Å²) in [5.41, 5.74) is 2.31. The molecule has 1 heterocycles. The van der Waals surface area contributed by atoms with E-state index >= 15 is 0 Å². The zero-order chi connectivity index (χ0) is 15.9. The number of nitrogens with zero attached hydrogens (tertiary/aromatic N) is 1. The Morgan fingerprint density at radius 3 is 2.67 bits per heavy atom. The number of aryl methyl sites for hydroxylation is 1. The Morgan fingerprint density at radius 1 is 1.21 bits per heavy atom. The minimum atomic E-state index is -0.0814. The van der Waals surface area contributed by atoms with Crippen molar-refractivity contribution in [2.45, 2.75) is 6.92 Å². The van der Waals surface area contributed by atoms with Crippen LogP contribution < -0.4 is 10.6 Å². The molecule has 2 rings (SSSR count). The molecule has 0 aliphatic heterocycles. The largest absolute Gasteiger partial charge is 0.383 e. The summed E-state index contributed by atoms with van der Waals surface area (Å²) in [4.78, 5) is 16.9. The summed E-state index contributed by atoms with van der Waals surface area (Å²) in [7, 11) is 1.67. The van der Waals surface area contributed by atoms with Gasteiger partial charge in [-0.2, -0.15) is 0 Å². The first-order valence-corrected chi connectivity index (χ1v) is 7.96. The van der Waals surface area contributed by atoms with Gasteiger partial charge in [0, 0.05) is 42.3 Å². The van der Waals surface area contributed by atoms with E-state index in [9.17, 15) is 4.79 Å². The molecule has 0 saturated carbocycles. The molecule has 0 atom stereocenters. The fraction of sp³-hybridized carbons (Fsp3) is 0.375. The van der Waals surface area contributed by atoms with Gasteiger partial charge in [-0.3, -0.25) is 9.78 Å². The lowest BCUT2D eigenvalue weighted by Crippen LogP contribution is -2.33. The number of hydrogen-bond acceptors (Lipinski definition) is 4. The van der Waals surface area contributed by atoms with Crippen LogP contribution in [0.4, 0.5) is 0 Å². The summed E-state index contributed by atoms with van der Waals surface area (Å²) < 4.78 is 5.88. The molecule has 8 heteroatoms. The molecule has 1 amide bonds. The molecule has 134 valence electrons. The molecule has 5 nitrogen and oxygen atoms in total. The molecule has 0 bridgehead atoms. The number of aromatic nitrogens is 1. The standard InChI is InChI=1S/C16H20BrN3O2.2ClH/c1-11-9-14(13-10-12(17)3-4-15(13)20-11)16(21)19-6-5-18-7-8-22-2;;/h3-4,9-10,18H,5-8H2,1-2H3,(H,19,21);2*1H. The van der Waals surface area contributed by atoms with Crippen molar-refractivity contribution in [1.82, 2.24) is 15.6 Å². The van der Waals surface area contributed by atoms with Gasteiger partial charge in [-0.25, -0.2) is 0 Å². The van der Waals surface area contributed by atoms with E-state index in [4.69, 9.17) is 4.74 Å². The smallest absolute Gasteiger partial charge is 0.252 e. The summed E-state index contributed by atoms with van der Waals surface area (Å²) in [5.74, 6) is -0.0814. The van der Waals surface area contributed by atoms with Crippen molar-refractivity contribution < 1.29 is 9.53 Å². The fourth-order valence-corrected chi connectivity index (χ4v) is 2.54. The van der Waals surface area contributed by atoms with Gasteiger partial charge in [-0.05, 0) is 31.2 Å². The highest BCUT2D eigenvalue weighted by Gasteiger charge is 2.11. The highest BCUT2D eigenvalue weighted by atomic mass is 79.9. The number of halogens is 3. The van der Waals surface area contributed by atoms with E-state index in [-0.39, 0.29) is 30.7 Å². The van der Waals surface area contributed by atoms with E-state index in [1.54, 1.807) is 7.11 Å². The van der Waals surface area contributed by atoms with Gasteiger partial charge in [0.1, 0.15) is 0 Å². The summed E-state index contributed by atoms with van der Waals surface area (Å²) in [6.45, 7) is 4.61. The molecule has 1 aromatic carbocycles. The highest BCUT2D eigenvalue weighted by molar-refractivity contribution is 9.10. The maximum Gasteiger partial charge on any atom is 0.252 e. The van der Waals surface area contributed by atoms with Crippen LogP contribution in [0.1, 0.15) is 16.1 Å². The number of fused-ring (bicyclic) bond motifs is 1. The number of amides is 1. The van der Waals surface area contributed by atoms with Crippen LogP contribution in [0, 0.1) is 6.92 Å². The zero-order valence-corrected chi connectivity index (χ0v) is 16.8. The van der Waals surface area contributed by atoms with E-state index < -0.39 is 0 Å². The number of ether oxygens (including phenoxy) is 1. The van der Waals surface area contributed by atoms with Crippen molar-refractivity contribution in [1.29, 1.82) is 0 Å². The lowest BCUT2D eigenvalue weighted by Gasteiger charge is -2.10. The number of pyridine rings is 1. The van der Waals surface area contributed by atoms with Crippen molar-refractivity contribution >= 4 is 57.6 Å². The number of nitrogens with one attached hydrogen (secondary N) is 2. The molecule has 0 aliphatic carbocycles. The van der Waals surface area contributed by atoms with Crippen molar-refractivity contribution in [3.8, 4) is 0 Å². The van der Waals surface area contributed by atoms with Crippen LogP contribution in [0.3, 0.4) is 0 Å². The molecule has 2 N–H and O–H groups in total. The summed E-state index contributed by atoms with van der Waals surface area (Å²) >= 11 is 3.44. The van der Waals surface area contributed by atoms with E-state index in [1.807, 2.05) is 31.2 Å². The predicted octanol–water partition coefficient (Wildman–Crippen LogP) is 3.12. The molecule has 0 radical (unpaired) electrons. The van der Waals surface area contributed by atoms with Gasteiger partial charge in [0.25, 0.3) is 5.91 Å². The Bertz CT molecular complexity index is 671. The van der Waals surface area contributed by atoms with Gasteiger partial charge in [0.2, 0.25) is 0 Å². The number of benzene rings is 1. The molecule has 0 spiro atoms. The lowest BCUT2D eigenvalue weighted by molar-refractivity contribution is 0.0955. The van der Waals surface area contributed by atoms with Crippen molar-refractivity contribution in [2.24, 2.45) is 0 Å². The molecule has 0 unspecified atom stereocenters. The van der Waals surface area contributed by atoms with Crippen LogP contribution in [0.2, 0.25) is 0 Å². The Hall–Kier alpha value is -0.920. The first-order chi connectivity index (χ1) is 10.6. The molecule has 0 aliphatic rings. The number of hydrogen-bond donors (Lipinski definition) is 2. The predicted molar refractivity (Wildman–Crippen MR) is 106 cm³/mol. The molecular formula is C16H22BrCl2N3O2. The zero-order valence-electron chi connectivity index (χ0n) is 13.6. The molecule has 0 fully saturated rings. The average molecular weight is 439 g/mol. The third kappa shape index (κ3) is 6.53. The number of carbonyl (C=O) groups excluding carboxylic acids is 1. The summed E-state index contributed by atoms with van der Waals surface area (Å²) in [6.07, 6.45) is 0. The van der Waals surface area contributed by atoms with E-state index in [0.717, 1.165) is 27.6 Å². The van der Waals surface area contributed by atoms with Crippen molar-refractivity contribution in [2.75, 3.05) is 33.4 Å². The van der Waals surface area contributed by atoms with Gasteiger partial charge in [-0.15, -0.1) is 24.8 Å². The first-order valence-electron chi connectivity index (χ1n) is 7.16. The quantitative estimate of drug-likeness (QED) is 0.652. The number of rotatable bonds is 7. The van der Waals surface area contributed by atoms with Gasteiger partial charge in [-0.1, -0.05) is 15.9 Å². The maximum absolute atomic E-state index is 12.4. The second kappa shape index (κ2) is 11.6. The van der Waals surface area contributed by atoms with Gasteiger partial charge < -0.3 is 15.4 Å². The van der Waals surface area contributed by atoms with Crippen molar-refractivity contribution in [3.05, 3.63) is 40.0 Å². The van der Waals surface area contributed by atoms with E-state index in [1.165, 1.54) is 0 Å². The average Bonchev–Trinajstić information content (AvgIpc) is 2.50. The van der Waals surface area contributed by atoms with Crippen LogP contribution >= 0.6 is 40.7 Å². The normalized spacial score (nSPS) is 9.96. The minimum absolute atomic E-state index is 0. The maximum atomic E-state index is 12.4.